The molecule has 1 unspecified atom stereocenters. The lowest BCUT2D eigenvalue weighted by Gasteiger charge is -2.20. The van der Waals surface area contributed by atoms with Gasteiger partial charge in [0.25, 0.3) is 0 Å². The van der Waals surface area contributed by atoms with Gasteiger partial charge in [0.2, 0.25) is 0 Å². The Morgan fingerprint density at radius 2 is 1.00 bits per heavy atom. The van der Waals surface area contributed by atoms with E-state index in [0.29, 0.717) is 19.3 Å². The predicted octanol–water partition coefficient (Wildman–Crippen LogP) is 11.3. The number of ether oxygens (including phenoxy) is 2. The van der Waals surface area contributed by atoms with E-state index in [4.69, 9.17) is 24.8 Å². The Labute approximate surface area is 344 Å². The number of nitrogens with two attached hydrogens (primary N) is 1. The van der Waals surface area contributed by atoms with Gasteiger partial charge < -0.3 is 25.2 Å². The fraction of sp³-hybridized carbons (Fsp3) is 0.667. The number of carboxylic acids is 1. The van der Waals surface area contributed by atoms with Crippen molar-refractivity contribution in [3.8, 4) is 0 Å². The number of allylic oxidation sites excluding steroid dienone is 12. The Bertz CT molecular complexity index is 1240. The third kappa shape index (κ3) is 39.5. The first-order valence-electron chi connectivity index (χ1n) is 21.5. The van der Waals surface area contributed by atoms with Gasteiger partial charge in [0.1, 0.15) is 12.6 Å². The topological polar surface area (TPSA) is 172 Å². The van der Waals surface area contributed by atoms with Crippen LogP contribution in [-0.4, -0.2) is 59.9 Å². The number of carbonyl (C=O) groups is 3. The van der Waals surface area contributed by atoms with E-state index >= 15 is 0 Å². The largest absolute Gasteiger partial charge is 0.480 e. The Kier molecular flexibility index (Phi) is 37.6. The molecule has 0 spiro atoms. The number of unbranched alkanes of at least 4 members (excludes halogenated alkanes) is 13. The van der Waals surface area contributed by atoms with E-state index in [0.717, 1.165) is 70.6 Å². The number of hydrogen-bond donors (Lipinski definition) is 3. The van der Waals surface area contributed by atoms with Gasteiger partial charge in [-0.3, -0.25) is 23.4 Å². The summed E-state index contributed by atoms with van der Waals surface area (Å²) in [5.74, 6) is -2.47. The van der Waals surface area contributed by atoms with Crippen LogP contribution in [0, 0.1) is 0 Å². The highest BCUT2D eigenvalue weighted by atomic mass is 31.2. The number of phosphoric acid groups is 1. The summed E-state index contributed by atoms with van der Waals surface area (Å²) in [7, 11) is -4.74. The third-order valence-electron chi connectivity index (χ3n) is 8.69. The van der Waals surface area contributed by atoms with Crippen LogP contribution in [0.2, 0.25) is 0 Å². The summed E-state index contributed by atoms with van der Waals surface area (Å²) in [4.78, 5) is 45.9. The highest BCUT2D eigenvalue weighted by molar-refractivity contribution is 7.47. The van der Waals surface area contributed by atoms with Gasteiger partial charge in [-0.25, -0.2) is 4.57 Å². The first-order chi connectivity index (χ1) is 27.6. The molecule has 0 saturated heterocycles. The maximum absolute atomic E-state index is 12.6. The third-order valence-corrected chi connectivity index (χ3v) is 9.64. The standard InChI is InChI=1S/C45H76NO10P/c1-3-5-7-9-11-13-15-17-19-21-23-25-27-29-31-33-35-37-44(48)56-41(39-54-57(51,52)55-40-42(46)45(49)50)38-53-43(47)36-34-32-30-28-26-24-22-20-18-16-14-12-10-8-6-4-2/h5,7,11,13,17,19-20,22-23,25,29,31,41-42H,3-4,6,8-10,12,14-16,18,21,24,26-28,30,32-40,46H2,1-2H3,(H,49,50)(H,51,52)/b7-5-,13-11-,19-17-,22-20-,25-23-,31-29-/t41-,42+/m1/s1. The quantitative estimate of drug-likeness (QED) is 0.0233. The number of carboxylic acid groups (broad SMARTS) is 1. The molecule has 12 heteroatoms. The zero-order chi connectivity index (χ0) is 42.1. The van der Waals surface area contributed by atoms with E-state index in [1.807, 2.05) is 12.2 Å². The van der Waals surface area contributed by atoms with Gasteiger partial charge in [-0.2, -0.15) is 0 Å². The van der Waals surface area contributed by atoms with Crippen molar-refractivity contribution >= 4 is 25.7 Å². The van der Waals surface area contributed by atoms with Crippen molar-refractivity contribution in [2.45, 2.75) is 174 Å². The summed E-state index contributed by atoms with van der Waals surface area (Å²) in [6.07, 6.45) is 46.9. The average molecular weight is 822 g/mol. The highest BCUT2D eigenvalue weighted by Gasteiger charge is 2.28. The van der Waals surface area contributed by atoms with Crippen LogP contribution in [-0.2, 0) is 37.5 Å². The molecule has 0 aliphatic carbocycles. The molecule has 0 aromatic carbocycles. The van der Waals surface area contributed by atoms with Crippen LogP contribution in [0.25, 0.3) is 0 Å². The fourth-order valence-corrected chi connectivity index (χ4v) is 6.11. The smallest absolute Gasteiger partial charge is 0.472 e. The van der Waals surface area contributed by atoms with Gasteiger partial charge >= 0.3 is 25.7 Å². The Balaban J connectivity index is 4.50. The van der Waals surface area contributed by atoms with Crippen molar-refractivity contribution in [2.75, 3.05) is 19.8 Å². The van der Waals surface area contributed by atoms with Crippen molar-refractivity contribution in [1.82, 2.24) is 0 Å². The molecular weight excluding hydrogens is 745 g/mol. The molecule has 0 fully saturated rings. The first-order valence-corrected chi connectivity index (χ1v) is 23.0. The molecule has 0 amide bonds. The van der Waals surface area contributed by atoms with Crippen molar-refractivity contribution in [1.29, 1.82) is 0 Å². The summed E-state index contributed by atoms with van der Waals surface area (Å²) in [5, 5.41) is 8.88. The van der Waals surface area contributed by atoms with Crippen molar-refractivity contribution in [3.63, 3.8) is 0 Å². The van der Waals surface area contributed by atoms with E-state index < -0.39 is 51.1 Å². The number of rotatable bonds is 39. The van der Waals surface area contributed by atoms with Crippen molar-refractivity contribution in [3.05, 3.63) is 72.9 Å². The van der Waals surface area contributed by atoms with Gasteiger partial charge in [0.15, 0.2) is 6.10 Å². The lowest BCUT2D eigenvalue weighted by molar-refractivity contribution is -0.161. The van der Waals surface area contributed by atoms with Gasteiger partial charge in [-0.15, -0.1) is 0 Å². The highest BCUT2D eigenvalue weighted by Crippen LogP contribution is 2.43. The van der Waals surface area contributed by atoms with Crippen LogP contribution in [0.3, 0.4) is 0 Å². The molecule has 326 valence electrons. The zero-order valence-corrected chi connectivity index (χ0v) is 36.0. The Morgan fingerprint density at radius 3 is 1.54 bits per heavy atom. The summed E-state index contributed by atoms with van der Waals surface area (Å²) >= 11 is 0. The molecule has 0 bridgehead atoms. The minimum absolute atomic E-state index is 0.0779. The second kappa shape index (κ2) is 39.7. The SMILES string of the molecule is CC/C=C\C/C=C\C/C=C\C/C=C\C/C=C\CCCC(=O)O[C@H](COC(=O)CCCCCCC/C=C\CCCCCCCCC)COP(=O)(O)OC[C@H](N)C(=O)O. The minimum Gasteiger partial charge on any atom is -0.480 e. The molecule has 57 heavy (non-hydrogen) atoms. The molecule has 0 aliphatic rings. The minimum atomic E-state index is -4.74. The van der Waals surface area contributed by atoms with Crippen LogP contribution in [0.5, 0.6) is 0 Å². The summed E-state index contributed by atoms with van der Waals surface area (Å²) in [5.41, 5.74) is 5.33. The van der Waals surface area contributed by atoms with Crippen molar-refractivity contribution < 1.29 is 47.5 Å². The summed E-state index contributed by atoms with van der Waals surface area (Å²) in [6.45, 7) is 2.61. The van der Waals surface area contributed by atoms with Gasteiger partial charge in [-0.05, 0) is 77.0 Å². The molecule has 0 aromatic heterocycles. The number of phosphoric ester groups is 1. The maximum atomic E-state index is 12.6. The molecular formula is C45H76NO10P. The number of aliphatic carboxylic acids is 1. The molecule has 3 atom stereocenters. The molecule has 4 N–H and O–H groups in total. The fourth-order valence-electron chi connectivity index (χ4n) is 5.33. The first kappa shape index (κ1) is 53.9. The van der Waals surface area contributed by atoms with E-state index in [2.05, 4.69) is 79.1 Å². The van der Waals surface area contributed by atoms with E-state index in [-0.39, 0.29) is 19.4 Å². The molecule has 0 radical (unpaired) electrons. The number of hydrogen-bond acceptors (Lipinski definition) is 9. The van der Waals surface area contributed by atoms with Crippen LogP contribution >= 0.6 is 7.82 Å². The molecule has 11 nitrogen and oxygen atoms in total. The van der Waals surface area contributed by atoms with Crippen LogP contribution in [0.1, 0.15) is 162 Å². The van der Waals surface area contributed by atoms with Gasteiger partial charge in [-0.1, -0.05) is 145 Å². The Hall–Kier alpha value is -3.08. The normalized spacial score (nSPS) is 14.5. The second-order valence-corrected chi connectivity index (χ2v) is 15.5. The lowest BCUT2D eigenvalue weighted by Crippen LogP contribution is -2.34. The molecule has 0 saturated carbocycles. The van der Waals surface area contributed by atoms with Gasteiger partial charge in [0, 0.05) is 12.8 Å². The van der Waals surface area contributed by atoms with Crippen molar-refractivity contribution in [2.24, 2.45) is 5.73 Å². The van der Waals surface area contributed by atoms with Crippen LogP contribution in [0.15, 0.2) is 72.9 Å². The summed E-state index contributed by atoms with van der Waals surface area (Å²) < 4.78 is 32.6. The van der Waals surface area contributed by atoms with Gasteiger partial charge in [0.05, 0.1) is 13.2 Å². The zero-order valence-electron chi connectivity index (χ0n) is 35.2. The molecule has 0 aliphatic heterocycles. The number of esters is 2. The second-order valence-electron chi connectivity index (χ2n) is 14.1. The van der Waals surface area contributed by atoms with Crippen LogP contribution in [0.4, 0.5) is 0 Å². The van der Waals surface area contributed by atoms with E-state index in [1.165, 1.54) is 44.9 Å². The molecule has 0 rings (SSSR count). The average Bonchev–Trinajstić information content (AvgIpc) is 3.19. The molecule has 0 aromatic rings. The predicted molar refractivity (Wildman–Crippen MR) is 231 cm³/mol. The summed E-state index contributed by atoms with van der Waals surface area (Å²) in [6, 6.07) is -1.53. The van der Waals surface area contributed by atoms with E-state index in [1.54, 1.807) is 0 Å². The number of carbonyl (C=O) groups excluding carboxylic acids is 2. The molecule has 0 heterocycles. The lowest BCUT2D eigenvalue weighted by atomic mass is 10.1. The monoisotopic (exact) mass is 822 g/mol. The Morgan fingerprint density at radius 1 is 0.561 bits per heavy atom. The van der Waals surface area contributed by atoms with E-state index in [9.17, 15) is 23.8 Å². The van der Waals surface area contributed by atoms with Crippen LogP contribution < -0.4 is 5.73 Å². The maximum Gasteiger partial charge on any atom is 0.472 e.